The van der Waals surface area contributed by atoms with Gasteiger partial charge in [0.1, 0.15) is 5.78 Å². The van der Waals surface area contributed by atoms with Crippen molar-refractivity contribution in [2.45, 2.75) is 39.0 Å². The quantitative estimate of drug-likeness (QED) is 0.586. The van der Waals surface area contributed by atoms with E-state index in [1.54, 1.807) is 0 Å². The Labute approximate surface area is 73.8 Å². The van der Waals surface area contributed by atoms with Gasteiger partial charge in [0, 0.05) is 12.3 Å². The second-order valence-electron chi connectivity index (χ2n) is 3.99. The summed E-state index contributed by atoms with van der Waals surface area (Å²) in [5.74, 6) is 1.52. The van der Waals surface area contributed by atoms with Gasteiger partial charge in [-0.2, -0.15) is 0 Å². The highest BCUT2D eigenvalue weighted by molar-refractivity contribution is 5.88. The van der Waals surface area contributed by atoms with E-state index in [-0.39, 0.29) is 0 Å². The average Bonchev–Trinajstić information content (AvgIpc) is 2.27. The molecule has 1 saturated carbocycles. The second-order valence-corrected chi connectivity index (χ2v) is 3.99. The Bertz CT molecular complexity index is 227. The Balaban J connectivity index is 1.94. The summed E-state index contributed by atoms with van der Waals surface area (Å²) < 4.78 is 0. The third-order valence-electron chi connectivity index (χ3n) is 3.15. The summed E-state index contributed by atoms with van der Waals surface area (Å²) in [5, 5.41) is 0. The molecule has 2 aliphatic carbocycles. The standard InChI is InChI=1S/C11H16O/c1-2-3-4-8-7-9-5-6-10(12)11(8)9/h7,9,11H,2-6H2,1H3/t9-,11+/m1/s1. The van der Waals surface area contributed by atoms with Gasteiger partial charge in [0.15, 0.2) is 0 Å². The van der Waals surface area contributed by atoms with Crippen LogP contribution in [0.15, 0.2) is 11.6 Å². The monoisotopic (exact) mass is 164 g/mol. The molecule has 2 rings (SSSR count). The highest BCUT2D eigenvalue weighted by atomic mass is 16.1. The van der Waals surface area contributed by atoms with E-state index in [4.69, 9.17) is 0 Å². The Kier molecular flexibility index (Phi) is 2.03. The summed E-state index contributed by atoms with van der Waals surface area (Å²) in [6, 6.07) is 0. The third-order valence-corrected chi connectivity index (χ3v) is 3.15. The Hall–Kier alpha value is -0.590. The van der Waals surface area contributed by atoms with Crippen LogP contribution in [0.2, 0.25) is 0 Å². The van der Waals surface area contributed by atoms with Gasteiger partial charge in [-0.3, -0.25) is 4.79 Å². The topological polar surface area (TPSA) is 17.1 Å². The van der Waals surface area contributed by atoms with E-state index < -0.39 is 0 Å². The molecule has 66 valence electrons. The summed E-state index contributed by atoms with van der Waals surface area (Å²) in [6.45, 7) is 2.20. The smallest absolute Gasteiger partial charge is 0.140 e. The van der Waals surface area contributed by atoms with Crippen LogP contribution in [0.1, 0.15) is 39.0 Å². The summed E-state index contributed by atoms with van der Waals surface area (Å²) >= 11 is 0. The van der Waals surface area contributed by atoms with Crippen LogP contribution in [0.3, 0.4) is 0 Å². The first-order chi connectivity index (χ1) is 5.83. The number of allylic oxidation sites excluding steroid dienone is 2. The minimum atomic E-state index is 0.372. The summed E-state index contributed by atoms with van der Waals surface area (Å²) in [4.78, 5) is 11.4. The predicted molar refractivity (Wildman–Crippen MR) is 48.8 cm³/mol. The van der Waals surface area contributed by atoms with Crippen molar-refractivity contribution in [3.05, 3.63) is 11.6 Å². The molecule has 1 heteroatoms. The van der Waals surface area contributed by atoms with Crippen LogP contribution in [0.25, 0.3) is 0 Å². The first-order valence-electron chi connectivity index (χ1n) is 5.06. The van der Waals surface area contributed by atoms with Crippen molar-refractivity contribution in [1.29, 1.82) is 0 Å². The largest absolute Gasteiger partial charge is 0.299 e. The van der Waals surface area contributed by atoms with Crippen molar-refractivity contribution in [2.75, 3.05) is 0 Å². The summed E-state index contributed by atoms with van der Waals surface area (Å²) in [5.41, 5.74) is 1.45. The van der Waals surface area contributed by atoms with Crippen molar-refractivity contribution < 1.29 is 4.79 Å². The lowest BCUT2D eigenvalue weighted by atomic mass is 9.75. The molecule has 0 bridgehead atoms. The maximum absolute atomic E-state index is 11.4. The molecule has 0 aromatic heterocycles. The molecule has 0 spiro atoms. The van der Waals surface area contributed by atoms with Gasteiger partial charge in [0.25, 0.3) is 0 Å². The molecule has 0 aliphatic heterocycles. The number of carbonyl (C=O) groups is 1. The zero-order chi connectivity index (χ0) is 8.55. The van der Waals surface area contributed by atoms with Crippen LogP contribution in [0, 0.1) is 11.8 Å². The number of rotatable bonds is 3. The number of fused-ring (bicyclic) bond motifs is 1. The molecule has 0 amide bonds. The molecule has 0 heterocycles. The van der Waals surface area contributed by atoms with Crippen LogP contribution in [0.4, 0.5) is 0 Å². The fourth-order valence-electron chi connectivity index (χ4n) is 2.41. The third kappa shape index (κ3) is 1.12. The molecule has 0 N–H and O–H groups in total. The van der Waals surface area contributed by atoms with E-state index in [1.807, 2.05) is 0 Å². The normalized spacial score (nSPS) is 32.8. The molecule has 2 atom stereocenters. The highest BCUT2D eigenvalue weighted by Crippen LogP contribution is 2.45. The van der Waals surface area contributed by atoms with Gasteiger partial charge in [-0.1, -0.05) is 25.0 Å². The van der Waals surface area contributed by atoms with Crippen molar-refractivity contribution in [1.82, 2.24) is 0 Å². The van der Waals surface area contributed by atoms with E-state index in [0.717, 1.165) is 12.8 Å². The lowest BCUT2D eigenvalue weighted by Crippen LogP contribution is -2.24. The molecular formula is C11H16O. The first-order valence-corrected chi connectivity index (χ1v) is 5.06. The van der Waals surface area contributed by atoms with Crippen LogP contribution >= 0.6 is 0 Å². The zero-order valence-electron chi connectivity index (χ0n) is 7.68. The average molecular weight is 164 g/mol. The Morgan fingerprint density at radius 3 is 3.08 bits per heavy atom. The number of ketones is 1. The van der Waals surface area contributed by atoms with Gasteiger partial charge in [0.05, 0.1) is 0 Å². The number of carbonyl (C=O) groups excluding carboxylic acids is 1. The molecule has 0 unspecified atom stereocenters. The van der Waals surface area contributed by atoms with Gasteiger partial charge < -0.3 is 0 Å². The van der Waals surface area contributed by atoms with E-state index in [0.29, 0.717) is 17.6 Å². The molecule has 12 heavy (non-hydrogen) atoms. The van der Waals surface area contributed by atoms with Gasteiger partial charge in [0.2, 0.25) is 0 Å². The minimum Gasteiger partial charge on any atom is -0.299 e. The van der Waals surface area contributed by atoms with E-state index >= 15 is 0 Å². The van der Waals surface area contributed by atoms with E-state index in [9.17, 15) is 4.79 Å². The van der Waals surface area contributed by atoms with E-state index in [1.165, 1.54) is 24.8 Å². The second kappa shape index (κ2) is 3.04. The van der Waals surface area contributed by atoms with Gasteiger partial charge in [-0.05, 0) is 25.2 Å². The fraction of sp³-hybridized carbons (Fsp3) is 0.727. The van der Waals surface area contributed by atoms with Crippen molar-refractivity contribution in [2.24, 2.45) is 11.8 Å². The molecular weight excluding hydrogens is 148 g/mol. The van der Waals surface area contributed by atoms with Crippen LogP contribution in [0.5, 0.6) is 0 Å². The molecule has 0 aromatic rings. The van der Waals surface area contributed by atoms with Gasteiger partial charge in [-0.15, -0.1) is 0 Å². The summed E-state index contributed by atoms with van der Waals surface area (Å²) in [7, 11) is 0. The Morgan fingerprint density at radius 2 is 2.42 bits per heavy atom. The molecule has 2 aliphatic rings. The lowest BCUT2D eigenvalue weighted by Gasteiger charge is -2.29. The minimum absolute atomic E-state index is 0.372. The fourth-order valence-corrected chi connectivity index (χ4v) is 2.41. The van der Waals surface area contributed by atoms with Crippen molar-refractivity contribution >= 4 is 5.78 Å². The first kappa shape index (κ1) is 8.03. The molecule has 1 fully saturated rings. The summed E-state index contributed by atoms with van der Waals surface area (Å²) in [6.07, 6.45) is 7.96. The predicted octanol–water partition coefficient (Wildman–Crippen LogP) is 2.71. The lowest BCUT2D eigenvalue weighted by molar-refractivity contribution is -0.120. The molecule has 0 saturated heterocycles. The number of unbranched alkanes of at least 4 members (excludes halogenated alkanes) is 1. The van der Waals surface area contributed by atoms with Crippen molar-refractivity contribution in [3.63, 3.8) is 0 Å². The van der Waals surface area contributed by atoms with Crippen LogP contribution in [-0.2, 0) is 4.79 Å². The Morgan fingerprint density at radius 1 is 1.58 bits per heavy atom. The number of Topliss-reactive ketones (excluding diaryl/α,β-unsaturated/α-hetero) is 1. The number of hydrogen-bond acceptors (Lipinski definition) is 1. The number of hydrogen-bond donors (Lipinski definition) is 0. The van der Waals surface area contributed by atoms with E-state index in [2.05, 4.69) is 13.0 Å². The molecule has 0 aromatic carbocycles. The van der Waals surface area contributed by atoms with Gasteiger partial charge >= 0.3 is 0 Å². The SMILES string of the molecule is CCCCC1=C[C@H]2CCC(=O)[C@@H]12. The van der Waals surface area contributed by atoms with Crippen molar-refractivity contribution in [3.8, 4) is 0 Å². The van der Waals surface area contributed by atoms with Crippen LogP contribution in [-0.4, -0.2) is 5.78 Å². The van der Waals surface area contributed by atoms with Gasteiger partial charge in [-0.25, -0.2) is 0 Å². The maximum atomic E-state index is 11.4. The zero-order valence-corrected chi connectivity index (χ0v) is 7.68. The molecule has 1 nitrogen and oxygen atoms in total. The highest BCUT2D eigenvalue weighted by Gasteiger charge is 2.41. The van der Waals surface area contributed by atoms with Crippen LogP contribution < -0.4 is 0 Å². The molecule has 0 radical (unpaired) electrons. The maximum Gasteiger partial charge on any atom is 0.140 e.